The lowest BCUT2D eigenvalue weighted by Gasteiger charge is -2.38. The zero-order valence-corrected chi connectivity index (χ0v) is 16.8. The van der Waals surface area contributed by atoms with Gasteiger partial charge in [0, 0.05) is 16.6 Å². The van der Waals surface area contributed by atoms with E-state index in [1.807, 2.05) is 18.2 Å². The molecule has 4 rings (SSSR count). The second-order valence-corrected chi connectivity index (χ2v) is 7.48. The number of nitrogens with one attached hydrogen (secondary N) is 1. The van der Waals surface area contributed by atoms with Crippen molar-refractivity contribution in [2.24, 2.45) is 5.92 Å². The van der Waals surface area contributed by atoms with Gasteiger partial charge in [0.15, 0.2) is 11.5 Å². The van der Waals surface area contributed by atoms with E-state index in [0.29, 0.717) is 29.1 Å². The molecule has 3 unspecified atom stereocenters. The number of fused-ring (bicyclic) bond motifs is 3. The topological polar surface area (TPSA) is 39.7 Å². The highest BCUT2D eigenvalue weighted by molar-refractivity contribution is 6.31. The molecule has 1 N–H and O–H groups in total. The summed E-state index contributed by atoms with van der Waals surface area (Å²) in [5, 5.41) is 4.54. The summed E-state index contributed by atoms with van der Waals surface area (Å²) in [6.07, 6.45) is 5.63. The van der Waals surface area contributed by atoms with Gasteiger partial charge in [0.25, 0.3) is 0 Å². The largest absolute Gasteiger partial charge is 0.493 e. The minimum atomic E-state index is 0.128. The van der Waals surface area contributed by atoms with E-state index in [-0.39, 0.29) is 6.04 Å². The fourth-order valence-corrected chi connectivity index (χ4v) is 4.56. The Kier molecular flexibility index (Phi) is 4.68. The van der Waals surface area contributed by atoms with Gasteiger partial charge in [-0.1, -0.05) is 29.8 Å². The van der Waals surface area contributed by atoms with Crippen LogP contribution in [0.3, 0.4) is 0 Å². The number of anilines is 1. The standard InChI is InChI=1S/C22H24ClNO3/c1-12-17(23)9-8-16-14-6-5-7-15(14)21(24-20(12)16)13-10-18(25-2)22(27-4)19(11-13)26-3/h5-6,8-11,14-15,21,24H,7H2,1-4H3. The predicted octanol–water partition coefficient (Wildman–Crippen LogP) is 5.50. The lowest BCUT2D eigenvalue weighted by Crippen LogP contribution is -2.29. The van der Waals surface area contributed by atoms with Crippen LogP contribution in [0.15, 0.2) is 36.4 Å². The van der Waals surface area contributed by atoms with Crippen LogP contribution >= 0.6 is 11.6 Å². The Balaban J connectivity index is 1.84. The van der Waals surface area contributed by atoms with Crippen molar-refractivity contribution in [3.8, 4) is 17.2 Å². The number of allylic oxidation sites excluding steroid dienone is 2. The fourth-order valence-electron chi connectivity index (χ4n) is 4.40. The highest BCUT2D eigenvalue weighted by atomic mass is 35.5. The summed E-state index contributed by atoms with van der Waals surface area (Å²) in [6, 6.07) is 8.36. The first-order chi connectivity index (χ1) is 13.1. The zero-order chi connectivity index (χ0) is 19.1. The Bertz CT molecular complexity index is 884. The van der Waals surface area contributed by atoms with Gasteiger partial charge in [-0.05, 0) is 54.2 Å². The molecule has 27 heavy (non-hydrogen) atoms. The molecule has 0 saturated heterocycles. The number of benzene rings is 2. The minimum absolute atomic E-state index is 0.128. The molecule has 1 heterocycles. The van der Waals surface area contributed by atoms with Crippen molar-refractivity contribution >= 4 is 17.3 Å². The van der Waals surface area contributed by atoms with Crippen molar-refractivity contribution in [3.05, 3.63) is 58.1 Å². The van der Waals surface area contributed by atoms with Gasteiger partial charge >= 0.3 is 0 Å². The van der Waals surface area contributed by atoms with E-state index in [1.54, 1.807) is 21.3 Å². The van der Waals surface area contributed by atoms with Crippen molar-refractivity contribution in [3.63, 3.8) is 0 Å². The Hall–Kier alpha value is -2.33. The molecule has 1 aliphatic carbocycles. The van der Waals surface area contributed by atoms with Gasteiger partial charge < -0.3 is 19.5 Å². The molecule has 2 aromatic carbocycles. The van der Waals surface area contributed by atoms with Crippen molar-refractivity contribution in [2.45, 2.75) is 25.3 Å². The lowest BCUT2D eigenvalue weighted by molar-refractivity contribution is 0.322. The van der Waals surface area contributed by atoms with Crippen LogP contribution in [0.1, 0.15) is 35.1 Å². The van der Waals surface area contributed by atoms with Crippen LogP contribution in [-0.4, -0.2) is 21.3 Å². The number of ether oxygens (including phenoxy) is 3. The third-order valence-electron chi connectivity index (χ3n) is 5.78. The van der Waals surface area contributed by atoms with Crippen molar-refractivity contribution in [2.75, 3.05) is 26.6 Å². The zero-order valence-electron chi connectivity index (χ0n) is 16.0. The van der Waals surface area contributed by atoms with Crippen molar-refractivity contribution < 1.29 is 14.2 Å². The maximum absolute atomic E-state index is 6.40. The quantitative estimate of drug-likeness (QED) is 0.705. The SMILES string of the molecule is COc1cc(C2Nc3c(ccc(Cl)c3C)C3C=CCC32)cc(OC)c1OC. The molecule has 0 bridgehead atoms. The average molecular weight is 386 g/mol. The highest BCUT2D eigenvalue weighted by Crippen LogP contribution is 2.52. The van der Waals surface area contributed by atoms with E-state index in [1.165, 1.54) is 5.56 Å². The smallest absolute Gasteiger partial charge is 0.203 e. The molecule has 5 heteroatoms. The van der Waals surface area contributed by atoms with Crippen LogP contribution in [0, 0.1) is 12.8 Å². The average Bonchev–Trinajstić information content (AvgIpc) is 3.18. The summed E-state index contributed by atoms with van der Waals surface area (Å²) in [5.74, 6) is 2.76. The summed E-state index contributed by atoms with van der Waals surface area (Å²) in [7, 11) is 4.92. The first kappa shape index (κ1) is 18.1. The Morgan fingerprint density at radius 1 is 1.04 bits per heavy atom. The molecule has 0 radical (unpaired) electrons. The Morgan fingerprint density at radius 2 is 1.74 bits per heavy atom. The summed E-state index contributed by atoms with van der Waals surface area (Å²) in [6.45, 7) is 2.07. The van der Waals surface area contributed by atoms with E-state index in [2.05, 4.69) is 30.5 Å². The molecule has 1 aliphatic heterocycles. The molecule has 3 atom stereocenters. The number of hydrogen-bond donors (Lipinski definition) is 1. The van der Waals surface area contributed by atoms with Crippen molar-refractivity contribution in [1.29, 1.82) is 0 Å². The molecule has 0 saturated carbocycles. The number of methoxy groups -OCH3 is 3. The number of rotatable bonds is 4. The molecule has 142 valence electrons. The molecule has 2 aliphatic rings. The van der Waals surface area contributed by atoms with Gasteiger partial charge in [0.05, 0.1) is 27.4 Å². The maximum Gasteiger partial charge on any atom is 0.203 e. The number of halogens is 1. The molecule has 0 amide bonds. The van der Waals surface area contributed by atoms with E-state index in [0.717, 1.165) is 28.3 Å². The van der Waals surface area contributed by atoms with Crippen LogP contribution in [0.25, 0.3) is 0 Å². The van der Waals surface area contributed by atoms with Crippen LogP contribution in [-0.2, 0) is 0 Å². The van der Waals surface area contributed by atoms with E-state index in [4.69, 9.17) is 25.8 Å². The normalized spacial score (nSPS) is 22.6. The Morgan fingerprint density at radius 3 is 2.37 bits per heavy atom. The summed E-state index contributed by atoms with van der Waals surface area (Å²) >= 11 is 6.40. The predicted molar refractivity (Wildman–Crippen MR) is 109 cm³/mol. The molecule has 2 aromatic rings. The van der Waals surface area contributed by atoms with E-state index < -0.39 is 0 Å². The van der Waals surface area contributed by atoms with Gasteiger partial charge in [0.2, 0.25) is 5.75 Å². The molecule has 0 aromatic heterocycles. The molecule has 0 fully saturated rings. The third kappa shape index (κ3) is 2.83. The second-order valence-electron chi connectivity index (χ2n) is 7.07. The fraction of sp³-hybridized carbons (Fsp3) is 0.364. The van der Waals surface area contributed by atoms with Gasteiger partial charge in [-0.15, -0.1) is 0 Å². The molecule has 0 spiro atoms. The van der Waals surface area contributed by atoms with Crippen LogP contribution < -0.4 is 19.5 Å². The third-order valence-corrected chi connectivity index (χ3v) is 6.19. The van der Waals surface area contributed by atoms with E-state index >= 15 is 0 Å². The summed E-state index contributed by atoms with van der Waals surface area (Å²) < 4.78 is 16.6. The van der Waals surface area contributed by atoms with Crippen LogP contribution in [0.2, 0.25) is 5.02 Å². The molecular weight excluding hydrogens is 362 g/mol. The number of hydrogen-bond acceptors (Lipinski definition) is 4. The van der Waals surface area contributed by atoms with E-state index in [9.17, 15) is 0 Å². The van der Waals surface area contributed by atoms with Gasteiger partial charge in [-0.25, -0.2) is 0 Å². The van der Waals surface area contributed by atoms with Crippen molar-refractivity contribution in [1.82, 2.24) is 0 Å². The first-order valence-corrected chi connectivity index (χ1v) is 9.49. The highest BCUT2D eigenvalue weighted by Gasteiger charge is 2.39. The second kappa shape index (κ2) is 7.01. The van der Waals surface area contributed by atoms with Gasteiger partial charge in [-0.2, -0.15) is 0 Å². The minimum Gasteiger partial charge on any atom is -0.493 e. The maximum atomic E-state index is 6.40. The van der Waals surface area contributed by atoms with Gasteiger partial charge in [0.1, 0.15) is 0 Å². The van der Waals surface area contributed by atoms with Crippen LogP contribution in [0.4, 0.5) is 5.69 Å². The van der Waals surface area contributed by atoms with Crippen LogP contribution in [0.5, 0.6) is 17.2 Å². The molecular formula is C22H24ClNO3. The monoisotopic (exact) mass is 385 g/mol. The Labute approximate surface area is 165 Å². The van der Waals surface area contributed by atoms with Gasteiger partial charge in [-0.3, -0.25) is 0 Å². The lowest BCUT2D eigenvalue weighted by atomic mass is 9.76. The summed E-state index contributed by atoms with van der Waals surface area (Å²) in [4.78, 5) is 0. The first-order valence-electron chi connectivity index (χ1n) is 9.11. The molecule has 4 nitrogen and oxygen atoms in total. The summed E-state index contributed by atoms with van der Waals surface area (Å²) in [5.41, 5.74) is 4.66.